The van der Waals surface area contributed by atoms with Crippen molar-refractivity contribution < 1.29 is 9.53 Å². The van der Waals surface area contributed by atoms with Crippen molar-refractivity contribution in [2.24, 2.45) is 0 Å². The Kier molecular flexibility index (Phi) is 5.26. The van der Waals surface area contributed by atoms with Crippen LogP contribution in [0.1, 0.15) is 36.5 Å². The molecule has 0 amide bonds. The molecular weight excluding hydrogens is 218 g/mol. The Morgan fingerprint density at radius 2 is 2.29 bits per heavy atom. The third-order valence-corrected chi connectivity index (χ3v) is 2.43. The number of nitrogens with zero attached hydrogens (tertiary/aromatic N) is 1. The van der Waals surface area contributed by atoms with Crippen LogP contribution in [0.4, 0.5) is 11.5 Å². The number of carbonyl (C=O) groups excluding carboxylic acids is 1. The molecule has 0 unspecified atom stereocenters. The number of pyridine rings is 1. The largest absolute Gasteiger partial charge is 0.465 e. The third kappa shape index (κ3) is 3.94. The van der Waals surface area contributed by atoms with Gasteiger partial charge in [-0.1, -0.05) is 19.8 Å². The molecule has 1 aromatic heterocycles. The summed E-state index contributed by atoms with van der Waals surface area (Å²) in [5.41, 5.74) is 6.33. The van der Waals surface area contributed by atoms with Gasteiger partial charge in [0.1, 0.15) is 5.82 Å². The van der Waals surface area contributed by atoms with Gasteiger partial charge in [0, 0.05) is 6.54 Å². The van der Waals surface area contributed by atoms with E-state index < -0.39 is 5.97 Å². The first-order valence-electron chi connectivity index (χ1n) is 5.76. The Bertz CT molecular complexity index is 380. The highest BCUT2D eigenvalue weighted by Crippen LogP contribution is 2.15. The number of methoxy groups -OCH3 is 1. The maximum atomic E-state index is 11.4. The van der Waals surface area contributed by atoms with Crippen LogP contribution in [-0.4, -0.2) is 24.6 Å². The van der Waals surface area contributed by atoms with Crippen molar-refractivity contribution in [2.45, 2.75) is 26.2 Å². The van der Waals surface area contributed by atoms with Gasteiger partial charge in [0.2, 0.25) is 0 Å². The summed E-state index contributed by atoms with van der Waals surface area (Å²) in [7, 11) is 1.33. The lowest BCUT2D eigenvalue weighted by molar-refractivity contribution is 0.0602. The summed E-state index contributed by atoms with van der Waals surface area (Å²) in [4.78, 5) is 15.5. The number of rotatable bonds is 6. The Balaban J connectivity index is 2.65. The molecule has 0 aromatic carbocycles. The highest BCUT2D eigenvalue weighted by molar-refractivity contribution is 5.95. The number of nitrogens with two attached hydrogens (primary N) is 1. The average molecular weight is 237 g/mol. The molecular formula is C12H19N3O2. The Morgan fingerprint density at radius 1 is 1.53 bits per heavy atom. The second-order valence-electron chi connectivity index (χ2n) is 3.78. The monoisotopic (exact) mass is 237 g/mol. The molecule has 0 aliphatic heterocycles. The zero-order valence-electron chi connectivity index (χ0n) is 10.3. The molecule has 1 aromatic rings. The molecule has 0 saturated carbocycles. The van der Waals surface area contributed by atoms with Crippen LogP contribution in [0.25, 0.3) is 0 Å². The fraction of sp³-hybridized carbons (Fsp3) is 0.500. The van der Waals surface area contributed by atoms with Gasteiger partial charge in [0.05, 0.1) is 24.6 Å². The normalized spacial score (nSPS) is 10.0. The zero-order valence-corrected chi connectivity index (χ0v) is 10.3. The summed E-state index contributed by atoms with van der Waals surface area (Å²) in [6.45, 7) is 2.99. The van der Waals surface area contributed by atoms with E-state index in [0.29, 0.717) is 17.1 Å². The Hall–Kier alpha value is -1.78. The van der Waals surface area contributed by atoms with E-state index >= 15 is 0 Å². The van der Waals surface area contributed by atoms with Crippen molar-refractivity contribution in [3.63, 3.8) is 0 Å². The number of anilines is 2. The minimum Gasteiger partial charge on any atom is -0.465 e. The molecule has 0 aliphatic rings. The summed E-state index contributed by atoms with van der Waals surface area (Å²) >= 11 is 0. The number of esters is 1. The van der Waals surface area contributed by atoms with Gasteiger partial charge in [-0.2, -0.15) is 0 Å². The van der Waals surface area contributed by atoms with E-state index in [2.05, 4.69) is 22.0 Å². The first-order valence-corrected chi connectivity index (χ1v) is 5.76. The minimum absolute atomic E-state index is 0.330. The highest BCUT2D eigenvalue weighted by atomic mass is 16.5. The van der Waals surface area contributed by atoms with Gasteiger partial charge in [0.15, 0.2) is 0 Å². The van der Waals surface area contributed by atoms with Crippen molar-refractivity contribution in [3.05, 3.63) is 17.8 Å². The molecule has 0 atom stereocenters. The predicted molar refractivity (Wildman–Crippen MR) is 68.0 cm³/mol. The van der Waals surface area contributed by atoms with Crippen LogP contribution < -0.4 is 11.1 Å². The smallest absolute Gasteiger partial charge is 0.340 e. The number of nitrogens with one attached hydrogen (secondary N) is 1. The molecule has 5 nitrogen and oxygen atoms in total. The number of unbranched alkanes of at least 4 members (excludes halogenated alkanes) is 2. The predicted octanol–water partition coefficient (Wildman–Crippen LogP) is 2.05. The summed E-state index contributed by atoms with van der Waals surface area (Å²) < 4.78 is 4.64. The van der Waals surface area contributed by atoms with Gasteiger partial charge in [-0.05, 0) is 12.5 Å². The molecule has 0 fully saturated rings. The summed E-state index contributed by atoms with van der Waals surface area (Å²) in [5, 5.41) is 3.15. The van der Waals surface area contributed by atoms with Crippen LogP contribution in [0.5, 0.6) is 0 Å². The maximum Gasteiger partial charge on any atom is 0.340 e. The second kappa shape index (κ2) is 6.73. The number of carbonyl (C=O) groups is 1. The van der Waals surface area contributed by atoms with Gasteiger partial charge in [-0.25, -0.2) is 9.78 Å². The average Bonchev–Trinajstić information content (AvgIpc) is 2.35. The third-order valence-electron chi connectivity index (χ3n) is 2.43. The van der Waals surface area contributed by atoms with Crippen LogP contribution in [0.15, 0.2) is 12.3 Å². The van der Waals surface area contributed by atoms with Gasteiger partial charge in [-0.15, -0.1) is 0 Å². The zero-order chi connectivity index (χ0) is 12.7. The van der Waals surface area contributed by atoms with Crippen LogP contribution in [-0.2, 0) is 4.74 Å². The van der Waals surface area contributed by atoms with E-state index in [4.69, 9.17) is 5.73 Å². The Labute approximate surface area is 101 Å². The van der Waals surface area contributed by atoms with Crippen molar-refractivity contribution in [2.75, 3.05) is 24.7 Å². The molecule has 1 rings (SSSR count). The van der Waals surface area contributed by atoms with E-state index in [9.17, 15) is 4.79 Å². The van der Waals surface area contributed by atoms with Crippen LogP contribution in [0.2, 0.25) is 0 Å². The molecule has 0 saturated heterocycles. The van der Waals surface area contributed by atoms with Gasteiger partial charge in [-0.3, -0.25) is 0 Å². The van der Waals surface area contributed by atoms with Crippen molar-refractivity contribution in [1.29, 1.82) is 0 Å². The first kappa shape index (κ1) is 13.3. The second-order valence-corrected chi connectivity index (χ2v) is 3.78. The minimum atomic E-state index is -0.443. The fourth-order valence-corrected chi connectivity index (χ4v) is 1.44. The quantitative estimate of drug-likeness (QED) is 0.585. The van der Waals surface area contributed by atoms with Gasteiger partial charge in [0.25, 0.3) is 0 Å². The molecule has 0 bridgehead atoms. The van der Waals surface area contributed by atoms with Gasteiger partial charge >= 0.3 is 5.97 Å². The molecule has 0 radical (unpaired) electrons. The number of nitrogen functional groups attached to an aromatic ring is 1. The summed E-state index contributed by atoms with van der Waals surface area (Å²) in [6.07, 6.45) is 4.89. The van der Waals surface area contributed by atoms with Gasteiger partial charge < -0.3 is 15.8 Å². The van der Waals surface area contributed by atoms with Crippen LogP contribution in [0.3, 0.4) is 0 Å². The topological polar surface area (TPSA) is 77.2 Å². The molecule has 5 heteroatoms. The van der Waals surface area contributed by atoms with Crippen molar-refractivity contribution >= 4 is 17.5 Å². The Morgan fingerprint density at radius 3 is 2.94 bits per heavy atom. The van der Waals surface area contributed by atoms with Crippen LogP contribution in [0, 0.1) is 0 Å². The van der Waals surface area contributed by atoms with Crippen molar-refractivity contribution in [3.8, 4) is 0 Å². The highest BCUT2D eigenvalue weighted by Gasteiger charge is 2.11. The summed E-state index contributed by atoms with van der Waals surface area (Å²) in [6, 6.07) is 1.62. The molecule has 0 aliphatic carbocycles. The maximum absolute atomic E-state index is 11.4. The number of aromatic nitrogens is 1. The SMILES string of the molecule is CCCCCNc1cc(C(=O)OC)c(N)cn1. The van der Waals surface area contributed by atoms with Crippen molar-refractivity contribution in [1.82, 2.24) is 4.98 Å². The van der Waals surface area contributed by atoms with E-state index in [-0.39, 0.29) is 0 Å². The summed E-state index contributed by atoms with van der Waals surface area (Å²) in [5.74, 6) is 0.206. The van der Waals surface area contributed by atoms with Crippen LogP contribution >= 0.6 is 0 Å². The fourth-order valence-electron chi connectivity index (χ4n) is 1.44. The number of hydrogen-bond donors (Lipinski definition) is 2. The first-order chi connectivity index (χ1) is 8.19. The van der Waals surface area contributed by atoms with E-state index in [1.807, 2.05) is 0 Å². The standard InChI is InChI=1S/C12H19N3O2/c1-3-4-5-6-14-11-7-9(12(16)17-2)10(13)8-15-11/h7-8H,3-6,13H2,1-2H3,(H,14,15). The lowest BCUT2D eigenvalue weighted by Gasteiger charge is -2.08. The van der Waals surface area contributed by atoms with E-state index in [1.54, 1.807) is 6.07 Å². The lowest BCUT2D eigenvalue weighted by atomic mass is 10.2. The molecule has 17 heavy (non-hydrogen) atoms. The lowest BCUT2D eigenvalue weighted by Crippen LogP contribution is -2.09. The van der Waals surface area contributed by atoms with E-state index in [1.165, 1.54) is 26.1 Å². The van der Waals surface area contributed by atoms with E-state index in [0.717, 1.165) is 13.0 Å². The molecule has 0 spiro atoms. The number of hydrogen-bond acceptors (Lipinski definition) is 5. The number of ether oxygens (including phenoxy) is 1. The molecule has 1 heterocycles. The molecule has 94 valence electrons. The molecule has 3 N–H and O–H groups in total.